The highest BCUT2D eigenvalue weighted by atomic mass is 32.2. The molecule has 206 valence electrons. The summed E-state index contributed by atoms with van der Waals surface area (Å²) in [6.45, 7) is 3.26. The number of ether oxygens (including phenoxy) is 1. The van der Waals surface area contributed by atoms with Crippen molar-refractivity contribution in [2.24, 2.45) is 0 Å². The lowest BCUT2D eigenvalue weighted by atomic mass is 10.2. The average molecular weight is 560 g/mol. The van der Waals surface area contributed by atoms with Crippen molar-refractivity contribution >= 4 is 27.7 Å². The minimum atomic E-state index is -4.59. The highest BCUT2D eigenvalue weighted by Crippen LogP contribution is 2.31. The Morgan fingerprint density at radius 1 is 0.923 bits per heavy atom. The number of carbonyl (C=O) groups is 1. The van der Waals surface area contributed by atoms with E-state index in [0.29, 0.717) is 18.8 Å². The van der Waals surface area contributed by atoms with E-state index < -0.39 is 21.8 Å². The van der Waals surface area contributed by atoms with Gasteiger partial charge in [-0.3, -0.25) is 14.4 Å². The monoisotopic (exact) mass is 559 g/mol. The Hall–Kier alpha value is -3.83. The summed E-state index contributed by atoms with van der Waals surface area (Å²) in [4.78, 5) is 16.4. The number of benzene rings is 3. The summed E-state index contributed by atoms with van der Waals surface area (Å²) in [5.41, 5.74) is -0.0263. The number of carbonyl (C=O) groups excluding carboxylic acids is 1. The van der Waals surface area contributed by atoms with Gasteiger partial charge in [-0.2, -0.15) is 13.2 Å². The maximum absolute atomic E-state index is 12.9. The van der Waals surface area contributed by atoms with E-state index in [2.05, 4.69) is 21.8 Å². The number of rotatable bonds is 9. The summed E-state index contributed by atoms with van der Waals surface area (Å²) in [6, 6.07) is 19.3. The number of hydrogen-bond donors (Lipinski definition) is 1. The molecule has 39 heavy (non-hydrogen) atoms. The van der Waals surface area contributed by atoms with Crippen molar-refractivity contribution in [3.63, 3.8) is 0 Å². The van der Waals surface area contributed by atoms with E-state index in [1.54, 1.807) is 4.90 Å². The van der Waals surface area contributed by atoms with Crippen LogP contribution in [0.3, 0.4) is 0 Å². The molecule has 0 radical (unpaired) electrons. The molecule has 1 amide bonds. The van der Waals surface area contributed by atoms with E-state index in [4.69, 9.17) is 4.74 Å². The third-order valence-corrected chi connectivity index (χ3v) is 7.53. The first kappa shape index (κ1) is 28.2. The molecule has 0 aliphatic carbocycles. The molecule has 1 N–H and O–H groups in total. The van der Waals surface area contributed by atoms with Crippen LogP contribution in [-0.4, -0.2) is 63.5 Å². The van der Waals surface area contributed by atoms with Crippen LogP contribution >= 0.6 is 0 Å². The van der Waals surface area contributed by atoms with Gasteiger partial charge < -0.3 is 9.64 Å². The average Bonchev–Trinajstić information content (AvgIpc) is 2.92. The van der Waals surface area contributed by atoms with Crippen LogP contribution in [0.25, 0.3) is 6.08 Å². The number of halogens is 3. The Bertz CT molecular complexity index is 1390. The van der Waals surface area contributed by atoms with Gasteiger partial charge in [0.25, 0.3) is 15.9 Å². The number of nitrogens with zero attached hydrogens (tertiary/aromatic N) is 2. The van der Waals surface area contributed by atoms with Crippen molar-refractivity contribution in [3.8, 4) is 5.75 Å². The molecule has 1 saturated heterocycles. The Morgan fingerprint density at radius 2 is 1.62 bits per heavy atom. The number of nitrogens with one attached hydrogen (secondary N) is 1. The molecule has 4 rings (SSSR count). The van der Waals surface area contributed by atoms with Crippen LogP contribution in [0.15, 0.2) is 89.8 Å². The zero-order valence-electron chi connectivity index (χ0n) is 21.0. The number of sulfonamides is 1. The summed E-state index contributed by atoms with van der Waals surface area (Å²) in [7, 11) is -4.13. The quantitative estimate of drug-likeness (QED) is 0.410. The first-order chi connectivity index (χ1) is 18.6. The second kappa shape index (κ2) is 12.4. The van der Waals surface area contributed by atoms with Crippen molar-refractivity contribution < 1.29 is 31.1 Å². The van der Waals surface area contributed by atoms with Crippen molar-refractivity contribution in [2.45, 2.75) is 11.1 Å². The zero-order chi connectivity index (χ0) is 27.9. The van der Waals surface area contributed by atoms with E-state index in [9.17, 15) is 26.4 Å². The van der Waals surface area contributed by atoms with Crippen LogP contribution in [0, 0.1) is 0 Å². The SMILES string of the molecule is O=C(COc1ccc(S(=O)(=O)Nc2cccc(C(F)(F)F)c2)cc1)N1CCN(C/C=C/c2ccccc2)CC1. The number of piperazine rings is 1. The minimum Gasteiger partial charge on any atom is -0.484 e. The summed E-state index contributed by atoms with van der Waals surface area (Å²) < 4.78 is 71.6. The standard InChI is InChI=1S/C28H28F3N3O4S/c29-28(30,31)23-9-4-10-24(20-23)32-39(36,37)26-13-11-25(12-14-26)38-21-27(35)34-18-16-33(17-19-34)15-5-8-22-6-2-1-3-7-22/h1-14,20,32H,15-19,21H2/b8-5+. The van der Waals surface area contributed by atoms with Crippen molar-refractivity contribution in [1.82, 2.24) is 9.80 Å². The minimum absolute atomic E-state index is 0.156. The molecule has 0 atom stereocenters. The topological polar surface area (TPSA) is 78.9 Å². The molecule has 1 fully saturated rings. The molecule has 3 aromatic rings. The maximum Gasteiger partial charge on any atom is 0.416 e. The third kappa shape index (κ3) is 8.08. The fourth-order valence-corrected chi connectivity index (χ4v) is 5.06. The molecule has 7 nitrogen and oxygen atoms in total. The lowest BCUT2D eigenvalue weighted by Crippen LogP contribution is -2.49. The van der Waals surface area contributed by atoms with E-state index in [-0.39, 0.29) is 23.1 Å². The van der Waals surface area contributed by atoms with E-state index in [1.807, 2.05) is 30.3 Å². The van der Waals surface area contributed by atoms with Gasteiger partial charge in [-0.1, -0.05) is 48.6 Å². The first-order valence-electron chi connectivity index (χ1n) is 12.2. The van der Waals surface area contributed by atoms with E-state index in [0.717, 1.165) is 43.4 Å². The van der Waals surface area contributed by atoms with Gasteiger partial charge >= 0.3 is 6.18 Å². The number of anilines is 1. The second-order valence-corrected chi connectivity index (χ2v) is 10.6. The molecular weight excluding hydrogens is 531 g/mol. The molecule has 0 spiro atoms. The molecule has 11 heteroatoms. The second-order valence-electron chi connectivity index (χ2n) is 8.94. The molecule has 0 saturated carbocycles. The Labute approximate surface area is 225 Å². The first-order valence-corrected chi connectivity index (χ1v) is 13.7. The molecule has 0 bridgehead atoms. The van der Waals surface area contributed by atoms with Gasteiger partial charge in [0.15, 0.2) is 6.61 Å². The van der Waals surface area contributed by atoms with Crippen molar-refractivity contribution in [2.75, 3.05) is 44.1 Å². The molecule has 1 aliphatic rings. The zero-order valence-corrected chi connectivity index (χ0v) is 21.8. The predicted molar refractivity (Wildman–Crippen MR) is 143 cm³/mol. The van der Waals surface area contributed by atoms with Gasteiger partial charge in [-0.15, -0.1) is 0 Å². The normalized spacial score (nSPS) is 14.9. The summed E-state index contributed by atoms with van der Waals surface area (Å²) in [5.74, 6) is 0.128. The third-order valence-electron chi connectivity index (χ3n) is 6.14. The summed E-state index contributed by atoms with van der Waals surface area (Å²) in [6.07, 6.45) is -0.413. The number of amides is 1. The molecule has 3 aromatic carbocycles. The molecule has 0 aromatic heterocycles. The highest BCUT2D eigenvalue weighted by molar-refractivity contribution is 7.92. The number of hydrogen-bond acceptors (Lipinski definition) is 5. The van der Waals surface area contributed by atoms with Crippen molar-refractivity contribution in [1.29, 1.82) is 0 Å². The van der Waals surface area contributed by atoms with E-state index in [1.165, 1.54) is 30.3 Å². The Morgan fingerprint density at radius 3 is 2.28 bits per heavy atom. The van der Waals surface area contributed by atoms with Crippen LogP contribution in [0.2, 0.25) is 0 Å². The van der Waals surface area contributed by atoms with Gasteiger partial charge in [0.05, 0.1) is 10.5 Å². The summed E-state index contributed by atoms with van der Waals surface area (Å²) >= 11 is 0. The maximum atomic E-state index is 12.9. The van der Waals surface area contributed by atoms with Crippen molar-refractivity contribution in [3.05, 3.63) is 96.1 Å². The fourth-order valence-electron chi connectivity index (χ4n) is 4.01. The Balaban J connectivity index is 1.23. The predicted octanol–water partition coefficient (Wildman–Crippen LogP) is 4.74. The lowest BCUT2D eigenvalue weighted by Gasteiger charge is -2.34. The smallest absolute Gasteiger partial charge is 0.416 e. The van der Waals surface area contributed by atoms with Gasteiger partial charge in [-0.25, -0.2) is 8.42 Å². The van der Waals surface area contributed by atoms with Crippen LogP contribution in [-0.2, 0) is 21.0 Å². The van der Waals surface area contributed by atoms with Crippen LogP contribution in [0.1, 0.15) is 11.1 Å². The van der Waals surface area contributed by atoms with Crippen LogP contribution < -0.4 is 9.46 Å². The highest BCUT2D eigenvalue weighted by Gasteiger charge is 2.30. The Kier molecular flexibility index (Phi) is 8.93. The summed E-state index contributed by atoms with van der Waals surface area (Å²) in [5, 5.41) is 0. The van der Waals surface area contributed by atoms with Gasteiger partial charge in [0, 0.05) is 38.4 Å². The van der Waals surface area contributed by atoms with E-state index >= 15 is 0 Å². The molecule has 0 unspecified atom stereocenters. The largest absolute Gasteiger partial charge is 0.484 e. The van der Waals surface area contributed by atoms with Crippen LogP contribution in [0.4, 0.5) is 18.9 Å². The molecule has 1 aliphatic heterocycles. The van der Waals surface area contributed by atoms with Gasteiger partial charge in [0.1, 0.15) is 5.75 Å². The fraction of sp³-hybridized carbons (Fsp3) is 0.250. The molecular formula is C28H28F3N3O4S. The molecule has 1 heterocycles. The van der Waals surface area contributed by atoms with Gasteiger partial charge in [0.2, 0.25) is 0 Å². The lowest BCUT2D eigenvalue weighted by molar-refractivity contribution is -0.137. The number of alkyl halides is 3. The van der Waals surface area contributed by atoms with Crippen LogP contribution in [0.5, 0.6) is 5.75 Å². The van der Waals surface area contributed by atoms with Gasteiger partial charge in [-0.05, 0) is 48.0 Å².